The number of nitrogens with zero attached hydrogens (tertiary/aromatic N) is 3. The van der Waals surface area contributed by atoms with Crippen LogP contribution in [0.3, 0.4) is 0 Å². The molecule has 0 radical (unpaired) electrons. The molecule has 0 saturated carbocycles. The minimum atomic E-state index is 0.0248. The molecular weight excluding hydrogens is 388 g/mol. The number of fused-ring (bicyclic) bond motifs is 1. The van der Waals surface area contributed by atoms with Gasteiger partial charge in [-0.05, 0) is 48.9 Å². The number of nitrogens with one attached hydrogen (secondary N) is 1. The van der Waals surface area contributed by atoms with Crippen LogP contribution in [-0.2, 0) is 13.5 Å². The number of thiophene rings is 1. The highest BCUT2D eigenvalue weighted by Gasteiger charge is 2.16. The highest BCUT2D eigenvalue weighted by molar-refractivity contribution is 7.99. The van der Waals surface area contributed by atoms with Crippen molar-refractivity contribution in [3.8, 4) is 11.1 Å². The van der Waals surface area contributed by atoms with E-state index in [-0.39, 0.29) is 5.56 Å². The lowest BCUT2D eigenvalue weighted by atomic mass is 10.0. The van der Waals surface area contributed by atoms with Gasteiger partial charge in [-0.2, -0.15) is 5.10 Å². The minimum Gasteiger partial charge on any atom is -0.290 e. The average molecular weight is 411 g/mol. The molecule has 4 rings (SSSR count). The first kappa shape index (κ1) is 19.0. The molecule has 4 aromatic rings. The summed E-state index contributed by atoms with van der Waals surface area (Å²) in [7, 11) is 1.81. The zero-order chi connectivity index (χ0) is 19.7. The number of aromatic nitrogens is 4. The third kappa shape index (κ3) is 3.64. The summed E-state index contributed by atoms with van der Waals surface area (Å²) in [5, 5.41) is 10.4. The van der Waals surface area contributed by atoms with Crippen LogP contribution in [-0.4, -0.2) is 25.5 Å². The van der Waals surface area contributed by atoms with Gasteiger partial charge in [-0.25, -0.2) is 4.98 Å². The SMILES string of the molecule is Cc1ccc(-c2csc3nc(SCCCc4cn[nH]c4)n(C)c(=O)c23)cc1C. The normalized spacial score (nSPS) is 11.4. The van der Waals surface area contributed by atoms with E-state index in [2.05, 4.69) is 47.6 Å². The fourth-order valence-corrected chi connectivity index (χ4v) is 5.06. The van der Waals surface area contributed by atoms with Gasteiger partial charge in [0.2, 0.25) is 0 Å². The molecule has 0 atom stereocenters. The standard InChI is InChI=1S/C21H22N4OS2/c1-13-6-7-16(9-14(13)2)17-12-28-19-18(17)20(26)25(3)21(24-19)27-8-4-5-15-10-22-23-11-15/h6-7,9-12H,4-5,8H2,1-3H3,(H,22,23). The Bertz CT molecular complexity index is 1180. The Labute approximate surface area is 171 Å². The van der Waals surface area contributed by atoms with Crippen LogP contribution in [0.1, 0.15) is 23.1 Å². The number of thioether (sulfide) groups is 1. The number of benzene rings is 1. The van der Waals surface area contributed by atoms with Crippen LogP contribution >= 0.6 is 23.1 Å². The summed E-state index contributed by atoms with van der Waals surface area (Å²) < 4.78 is 1.68. The van der Waals surface area contributed by atoms with Crippen molar-refractivity contribution in [1.29, 1.82) is 0 Å². The molecule has 144 valence electrons. The topological polar surface area (TPSA) is 63.6 Å². The van der Waals surface area contributed by atoms with Gasteiger partial charge in [0.1, 0.15) is 4.83 Å². The maximum Gasteiger partial charge on any atom is 0.263 e. The first-order valence-corrected chi connectivity index (χ1v) is 11.1. The predicted molar refractivity (Wildman–Crippen MR) is 117 cm³/mol. The summed E-state index contributed by atoms with van der Waals surface area (Å²) in [5.74, 6) is 0.909. The zero-order valence-corrected chi connectivity index (χ0v) is 17.8. The van der Waals surface area contributed by atoms with E-state index in [0.717, 1.165) is 45.1 Å². The van der Waals surface area contributed by atoms with Crippen LogP contribution in [0.5, 0.6) is 0 Å². The van der Waals surface area contributed by atoms with E-state index in [9.17, 15) is 4.79 Å². The van der Waals surface area contributed by atoms with Gasteiger partial charge in [0.05, 0.1) is 11.6 Å². The molecule has 0 aliphatic rings. The molecule has 0 spiro atoms. The van der Waals surface area contributed by atoms with Crippen LogP contribution in [0.4, 0.5) is 0 Å². The second-order valence-corrected chi connectivity index (χ2v) is 8.87. The van der Waals surface area contributed by atoms with Gasteiger partial charge in [-0.1, -0.05) is 30.0 Å². The number of rotatable bonds is 6. The van der Waals surface area contributed by atoms with Crippen molar-refractivity contribution in [2.24, 2.45) is 7.05 Å². The number of hydrogen-bond donors (Lipinski definition) is 1. The largest absolute Gasteiger partial charge is 0.290 e. The molecule has 5 nitrogen and oxygen atoms in total. The Morgan fingerprint density at radius 1 is 1.25 bits per heavy atom. The van der Waals surface area contributed by atoms with E-state index in [0.29, 0.717) is 0 Å². The number of hydrogen-bond acceptors (Lipinski definition) is 5. The second-order valence-electron chi connectivity index (χ2n) is 6.95. The molecule has 3 aromatic heterocycles. The van der Waals surface area contributed by atoms with Gasteiger partial charge >= 0.3 is 0 Å². The zero-order valence-electron chi connectivity index (χ0n) is 16.2. The number of aromatic amines is 1. The molecule has 1 aromatic carbocycles. The molecule has 0 aliphatic carbocycles. The molecule has 0 saturated heterocycles. The molecule has 3 heterocycles. The molecule has 0 fully saturated rings. The minimum absolute atomic E-state index is 0.0248. The van der Waals surface area contributed by atoms with E-state index in [1.54, 1.807) is 27.7 Å². The lowest BCUT2D eigenvalue weighted by molar-refractivity contribution is 0.727. The van der Waals surface area contributed by atoms with Gasteiger partial charge in [-0.15, -0.1) is 11.3 Å². The Morgan fingerprint density at radius 2 is 2.11 bits per heavy atom. The second kappa shape index (κ2) is 7.93. The molecule has 7 heteroatoms. The Balaban J connectivity index is 1.60. The van der Waals surface area contributed by atoms with Crippen molar-refractivity contribution in [3.05, 3.63) is 63.0 Å². The maximum atomic E-state index is 13.1. The van der Waals surface area contributed by atoms with E-state index in [1.807, 2.05) is 19.4 Å². The summed E-state index contributed by atoms with van der Waals surface area (Å²) in [6.45, 7) is 4.20. The maximum absolute atomic E-state index is 13.1. The van der Waals surface area contributed by atoms with E-state index >= 15 is 0 Å². The van der Waals surface area contributed by atoms with Gasteiger partial charge in [0, 0.05) is 29.9 Å². The summed E-state index contributed by atoms with van der Waals surface area (Å²) >= 11 is 3.18. The summed E-state index contributed by atoms with van der Waals surface area (Å²) in [6.07, 6.45) is 5.75. The van der Waals surface area contributed by atoms with Crippen molar-refractivity contribution in [1.82, 2.24) is 19.7 Å². The van der Waals surface area contributed by atoms with E-state index in [4.69, 9.17) is 4.98 Å². The predicted octanol–water partition coefficient (Wildman–Crippen LogP) is 4.73. The van der Waals surface area contributed by atoms with Crippen molar-refractivity contribution < 1.29 is 0 Å². The van der Waals surface area contributed by atoms with Crippen LogP contribution < -0.4 is 5.56 Å². The smallest absolute Gasteiger partial charge is 0.263 e. The summed E-state index contributed by atoms with van der Waals surface area (Å²) in [6, 6.07) is 6.34. The summed E-state index contributed by atoms with van der Waals surface area (Å²) in [5.41, 5.74) is 5.77. The average Bonchev–Trinajstić information content (AvgIpc) is 3.34. The third-order valence-electron chi connectivity index (χ3n) is 4.99. The van der Waals surface area contributed by atoms with Crippen LogP contribution in [0.25, 0.3) is 21.3 Å². The first-order valence-electron chi connectivity index (χ1n) is 9.21. The molecule has 28 heavy (non-hydrogen) atoms. The quantitative estimate of drug-likeness (QED) is 0.284. The highest BCUT2D eigenvalue weighted by Crippen LogP contribution is 2.33. The molecular formula is C21H22N4OS2. The van der Waals surface area contributed by atoms with Crippen molar-refractivity contribution in [2.45, 2.75) is 31.8 Å². The van der Waals surface area contributed by atoms with Gasteiger partial charge in [0.25, 0.3) is 5.56 Å². The molecule has 1 N–H and O–H groups in total. The number of H-pyrrole nitrogens is 1. The van der Waals surface area contributed by atoms with Gasteiger partial charge in [0.15, 0.2) is 5.16 Å². The van der Waals surface area contributed by atoms with Crippen LogP contribution in [0, 0.1) is 13.8 Å². The fourth-order valence-electron chi connectivity index (χ4n) is 3.16. The van der Waals surface area contributed by atoms with E-state index < -0.39 is 0 Å². The fraction of sp³-hybridized carbons (Fsp3) is 0.286. The Hall–Kier alpha value is -2.38. The first-order chi connectivity index (χ1) is 13.5. The van der Waals surface area contributed by atoms with E-state index in [1.165, 1.54) is 16.7 Å². The van der Waals surface area contributed by atoms with Crippen LogP contribution in [0.2, 0.25) is 0 Å². The molecule has 0 unspecified atom stereocenters. The van der Waals surface area contributed by atoms with Gasteiger partial charge in [-0.3, -0.25) is 14.5 Å². The Morgan fingerprint density at radius 3 is 2.86 bits per heavy atom. The molecule has 0 aliphatic heterocycles. The van der Waals surface area contributed by atoms with Crippen molar-refractivity contribution in [3.63, 3.8) is 0 Å². The molecule has 0 amide bonds. The van der Waals surface area contributed by atoms with Crippen LogP contribution in [0.15, 0.2) is 45.9 Å². The highest BCUT2D eigenvalue weighted by atomic mass is 32.2. The van der Waals surface area contributed by atoms with Gasteiger partial charge < -0.3 is 0 Å². The number of aryl methyl sites for hydroxylation is 3. The summed E-state index contributed by atoms with van der Waals surface area (Å²) in [4.78, 5) is 18.7. The lowest BCUT2D eigenvalue weighted by Gasteiger charge is -2.08. The molecule has 0 bridgehead atoms. The van der Waals surface area contributed by atoms with Crippen molar-refractivity contribution >= 4 is 33.3 Å². The van der Waals surface area contributed by atoms with Crippen molar-refractivity contribution in [2.75, 3.05) is 5.75 Å². The lowest BCUT2D eigenvalue weighted by Crippen LogP contribution is -2.19. The monoisotopic (exact) mass is 410 g/mol. The third-order valence-corrected chi connectivity index (χ3v) is 6.98. The Kier molecular flexibility index (Phi) is 5.37.